The molecule has 0 bridgehead atoms. The maximum Gasteiger partial charge on any atom is 0.109 e. The molecule has 0 aliphatic heterocycles. The van der Waals surface area contributed by atoms with Gasteiger partial charge >= 0.3 is 0 Å². The number of hydrogen-bond acceptors (Lipinski definition) is 2. The van der Waals surface area contributed by atoms with Crippen molar-refractivity contribution in [2.24, 2.45) is 0 Å². The summed E-state index contributed by atoms with van der Waals surface area (Å²) >= 11 is 0. The summed E-state index contributed by atoms with van der Waals surface area (Å²) in [5, 5.41) is 8.62. The van der Waals surface area contributed by atoms with E-state index in [0.29, 0.717) is 0 Å². The van der Waals surface area contributed by atoms with E-state index in [4.69, 9.17) is 0 Å². The summed E-state index contributed by atoms with van der Waals surface area (Å²) < 4.78 is 0. The van der Waals surface area contributed by atoms with Gasteiger partial charge in [-0.2, -0.15) is 5.10 Å². The Bertz CT molecular complexity index is 825. The minimum atomic E-state index is 0.903. The highest BCUT2D eigenvalue weighted by Crippen LogP contribution is 2.25. The van der Waals surface area contributed by atoms with Crippen LogP contribution in [0.15, 0.2) is 60.9 Å². The van der Waals surface area contributed by atoms with Crippen molar-refractivity contribution in [1.29, 1.82) is 0 Å². The van der Waals surface area contributed by atoms with Crippen molar-refractivity contribution in [2.45, 2.75) is 0 Å². The number of para-hydroxylation sites is 1. The molecule has 0 saturated heterocycles. The molecule has 4 nitrogen and oxygen atoms in total. The van der Waals surface area contributed by atoms with Crippen LogP contribution in [0.25, 0.3) is 33.5 Å². The molecule has 0 radical (unpaired) electrons. The number of nitrogens with zero attached hydrogens (tertiary/aromatic N) is 2. The second kappa shape index (κ2) is 4.35. The van der Waals surface area contributed by atoms with Crippen LogP contribution >= 0.6 is 0 Å². The molecule has 3 heterocycles. The molecule has 4 rings (SSSR count). The van der Waals surface area contributed by atoms with Gasteiger partial charge in [0.25, 0.3) is 0 Å². The van der Waals surface area contributed by atoms with Gasteiger partial charge in [-0.15, -0.1) is 0 Å². The third kappa shape index (κ3) is 1.78. The molecule has 0 aliphatic rings. The van der Waals surface area contributed by atoms with Gasteiger partial charge in [-0.3, -0.25) is 10.1 Å². The van der Waals surface area contributed by atoms with Crippen LogP contribution in [-0.2, 0) is 0 Å². The van der Waals surface area contributed by atoms with Crippen molar-refractivity contribution in [3.63, 3.8) is 0 Å². The molecular formula is C16H12N4. The standard InChI is InChI=1S/C16H12N4/c1-2-6-13-11(4-1)8-15(18-13)16-9-14(19-20-16)12-5-3-7-17-10-12/h1-10,18H,(H,19,20). The number of rotatable bonds is 2. The lowest BCUT2D eigenvalue weighted by molar-refractivity contribution is 1.09. The van der Waals surface area contributed by atoms with E-state index in [9.17, 15) is 0 Å². The normalized spacial score (nSPS) is 11.0. The van der Waals surface area contributed by atoms with Crippen molar-refractivity contribution < 1.29 is 0 Å². The zero-order chi connectivity index (χ0) is 13.4. The van der Waals surface area contributed by atoms with Crippen LogP contribution < -0.4 is 0 Å². The van der Waals surface area contributed by atoms with E-state index >= 15 is 0 Å². The summed E-state index contributed by atoms with van der Waals surface area (Å²) in [6.45, 7) is 0. The van der Waals surface area contributed by atoms with Crippen LogP contribution in [0.4, 0.5) is 0 Å². The van der Waals surface area contributed by atoms with Gasteiger partial charge in [0.15, 0.2) is 0 Å². The molecule has 0 spiro atoms. The van der Waals surface area contributed by atoms with Gasteiger partial charge in [0.2, 0.25) is 0 Å². The molecule has 4 aromatic rings. The molecule has 2 N–H and O–H groups in total. The van der Waals surface area contributed by atoms with Gasteiger partial charge in [0.1, 0.15) is 5.69 Å². The van der Waals surface area contributed by atoms with Crippen molar-refractivity contribution in [3.8, 4) is 22.6 Å². The molecule has 4 heteroatoms. The zero-order valence-electron chi connectivity index (χ0n) is 10.7. The Balaban J connectivity index is 1.78. The molecule has 0 amide bonds. The van der Waals surface area contributed by atoms with E-state index in [1.807, 2.05) is 36.5 Å². The Hall–Kier alpha value is -2.88. The van der Waals surface area contributed by atoms with Gasteiger partial charge in [-0.1, -0.05) is 18.2 Å². The summed E-state index contributed by atoms with van der Waals surface area (Å²) in [6.07, 6.45) is 3.58. The number of hydrogen-bond donors (Lipinski definition) is 2. The number of pyridine rings is 1. The van der Waals surface area contributed by atoms with E-state index in [0.717, 1.165) is 28.2 Å². The number of H-pyrrole nitrogens is 2. The van der Waals surface area contributed by atoms with Crippen molar-refractivity contribution in [2.75, 3.05) is 0 Å². The van der Waals surface area contributed by atoms with E-state index < -0.39 is 0 Å². The predicted octanol–water partition coefficient (Wildman–Crippen LogP) is 3.62. The number of aromatic nitrogens is 4. The van der Waals surface area contributed by atoms with Gasteiger partial charge in [-0.05, 0) is 30.3 Å². The van der Waals surface area contributed by atoms with E-state index in [2.05, 4.69) is 38.4 Å². The van der Waals surface area contributed by atoms with Gasteiger partial charge in [-0.25, -0.2) is 0 Å². The summed E-state index contributed by atoms with van der Waals surface area (Å²) in [5.41, 5.74) is 5.03. The van der Waals surface area contributed by atoms with Crippen molar-refractivity contribution in [3.05, 3.63) is 60.9 Å². The first-order valence-corrected chi connectivity index (χ1v) is 6.44. The lowest BCUT2D eigenvalue weighted by Crippen LogP contribution is -1.78. The highest BCUT2D eigenvalue weighted by atomic mass is 15.1. The number of fused-ring (bicyclic) bond motifs is 1. The Morgan fingerprint density at radius 3 is 2.70 bits per heavy atom. The van der Waals surface area contributed by atoms with Crippen LogP contribution in [0.3, 0.4) is 0 Å². The Morgan fingerprint density at radius 2 is 1.85 bits per heavy atom. The Labute approximate surface area is 115 Å². The van der Waals surface area contributed by atoms with Crippen LogP contribution in [0.5, 0.6) is 0 Å². The van der Waals surface area contributed by atoms with E-state index in [1.54, 1.807) is 6.20 Å². The molecule has 96 valence electrons. The SMILES string of the molecule is c1cncc(-c2cc(-c3cc4ccccc4[nH]3)n[nH]2)c1. The number of nitrogens with one attached hydrogen (secondary N) is 2. The molecule has 20 heavy (non-hydrogen) atoms. The average molecular weight is 260 g/mol. The maximum atomic E-state index is 4.37. The summed E-state index contributed by atoms with van der Waals surface area (Å²) in [6, 6.07) is 16.3. The first kappa shape index (κ1) is 11.0. The van der Waals surface area contributed by atoms with E-state index in [-0.39, 0.29) is 0 Å². The first-order chi connectivity index (χ1) is 9.90. The molecule has 0 fully saturated rings. The predicted molar refractivity (Wildman–Crippen MR) is 79.1 cm³/mol. The lowest BCUT2D eigenvalue weighted by Gasteiger charge is -1.93. The molecule has 0 aliphatic carbocycles. The van der Waals surface area contributed by atoms with Crippen LogP contribution in [-0.4, -0.2) is 20.2 Å². The second-order valence-corrected chi connectivity index (χ2v) is 4.68. The zero-order valence-corrected chi connectivity index (χ0v) is 10.7. The highest BCUT2D eigenvalue weighted by molar-refractivity contribution is 5.85. The van der Waals surface area contributed by atoms with Crippen LogP contribution in [0.2, 0.25) is 0 Å². The van der Waals surface area contributed by atoms with Gasteiger partial charge in [0.05, 0.1) is 11.4 Å². The smallest absolute Gasteiger partial charge is 0.109 e. The maximum absolute atomic E-state index is 4.37. The minimum Gasteiger partial charge on any atom is -0.353 e. The molecule has 1 aromatic carbocycles. The number of benzene rings is 1. The second-order valence-electron chi connectivity index (χ2n) is 4.68. The minimum absolute atomic E-state index is 0.903. The lowest BCUT2D eigenvalue weighted by atomic mass is 10.2. The molecular weight excluding hydrogens is 248 g/mol. The van der Waals surface area contributed by atoms with Crippen LogP contribution in [0, 0.1) is 0 Å². The van der Waals surface area contributed by atoms with Crippen molar-refractivity contribution in [1.82, 2.24) is 20.2 Å². The fourth-order valence-corrected chi connectivity index (χ4v) is 2.34. The molecule has 3 aromatic heterocycles. The summed E-state index contributed by atoms with van der Waals surface area (Å²) in [5.74, 6) is 0. The van der Waals surface area contributed by atoms with E-state index in [1.165, 1.54) is 5.39 Å². The number of aromatic amines is 2. The third-order valence-electron chi connectivity index (χ3n) is 3.36. The molecule has 0 saturated carbocycles. The topological polar surface area (TPSA) is 57.4 Å². The van der Waals surface area contributed by atoms with Gasteiger partial charge < -0.3 is 4.98 Å². The first-order valence-electron chi connectivity index (χ1n) is 6.44. The molecule has 0 atom stereocenters. The summed E-state index contributed by atoms with van der Waals surface area (Å²) in [7, 11) is 0. The fourth-order valence-electron chi connectivity index (χ4n) is 2.34. The van der Waals surface area contributed by atoms with Gasteiger partial charge in [0, 0.05) is 28.9 Å². The van der Waals surface area contributed by atoms with Crippen molar-refractivity contribution >= 4 is 10.9 Å². The third-order valence-corrected chi connectivity index (χ3v) is 3.36. The largest absolute Gasteiger partial charge is 0.353 e. The highest BCUT2D eigenvalue weighted by Gasteiger charge is 2.08. The Morgan fingerprint density at radius 1 is 0.900 bits per heavy atom. The fraction of sp³-hybridized carbons (Fsp3) is 0. The Kier molecular flexibility index (Phi) is 2.39. The monoisotopic (exact) mass is 260 g/mol. The van der Waals surface area contributed by atoms with Crippen LogP contribution in [0.1, 0.15) is 0 Å². The average Bonchev–Trinajstić information content (AvgIpc) is 3.14. The quantitative estimate of drug-likeness (QED) is 0.578. The molecule has 0 unspecified atom stereocenters. The summed E-state index contributed by atoms with van der Waals surface area (Å²) in [4.78, 5) is 7.50.